The first-order valence-electron chi connectivity index (χ1n) is 20.6. The summed E-state index contributed by atoms with van der Waals surface area (Å²) in [5, 5.41) is 8.48. The van der Waals surface area contributed by atoms with Gasteiger partial charge in [0.05, 0.1) is 30.4 Å². The van der Waals surface area contributed by atoms with E-state index in [1.807, 2.05) is 0 Å². The van der Waals surface area contributed by atoms with Gasteiger partial charge in [0.1, 0.15) is 18.8 Å². The molecule has 1 N–H and O–H groups in total. The van der Waals surface area contributed by atoms with Crippen molar-refractivity contribution in [3.05, 3.63) is 144 Å². The van der Waals surface area contributed by atoms with Crippen molar-refractivity contribution in [3.8, 4) is 0 Å². The van der Waals surface area contributed by atoms with Gasteiger partial charge < -0.3 is 52.1 Å². The number of rotatable bonds is 16. The molecule has 0 spiro atoms. The fourth-order valence-electron chi connectivity index (χ4n) is 6.99. The third-order valence-corrected chi connectivity index (χ3v) is 10.6. The predicted molar refractivity (Wildman–Crippen MR) is 237 cm³/mol. The summed E-state index contributed by atoms with van der Waals surface area (Å²) in [7, 11) is 1.01. The van der Waals surface area contributed by atoms with Crippen LogP contribution in [0.4, 0.5) is 0 Å². The van der Waals surface area contributed by atoms with Crippen LogP contribution in [-0.2, 0) is 73.1 Å². The molecule has 360 valence electrons. The molecule has 0 unspecified atom stereocenters. The summed E-state index contributed by atoms with van der Waals surface area (Å²) < 4.78 is 63.2. The van der Waals surface area contributed by atoms with Crippen molar-refractivity contribution >= 4 is 76.5 Å². The van der Waals surface area contributed by atoms with Crippen molar-refractivity contribution in [2.45, 2.75) is 85.7 Å². The fourth-order valence-corrected chi connectivity index (χ4v) is 7.12. The molecule has 0 aromatic heterocycles. The van der Waals surface area contributed by atoms with Crippen molar-refractivity contribution < 1.29 is 80.9 Å². The highest BCUT2D eigenvalue weighted by atomic mass is 35.6. The van der Waals surface area contributed by atoms with Gasteiger partial charge in [0.2, 0.25) is 12.2 Å². The number of esters is 6. The third-order valence-electron chi connectivity index (χ3n) is 10.1. The molecule has 21 heteroatoms. The normalized spacial score (nSPS) is 24.6. The first-order valence-corrected chi connectivity index (χ1v) is 21.8. The topological polar surface area (TPSA) is 228 Å². The highest BCUT2D eigenvalue weighted by Gasteiger charge is 2.59. The highest BCUT2D eigenvalue weighted by molar-refractivity contribution is 6.76. The zero-order valence-corrected chi connectivity index (χ0v) is 38.6. The average molecular weight is 1000 g/mol. The Bertz CT molecular complexity index is 2380. The Kier molecular flexibility index (Phi) is 17.9. The zero-order valence-electron chi connectivity index (χ0n) is 36.3. The second kappa shape index (κ2) is 23.7. The van der Waals surface area contributed by atoms with Crippen LogP contribution in [0.5, 0.6) is 0 Å². The lowest BCUT2D eigenvalue weighted by Crippen LogP contribution is -2.68. The van der Waals surface area contributed by atoms with Crippen LogP contribution in [0.1, 0.15) is 50.5 Å². The van der Waals surface area contributed by atoms with E-state index in [-0.39, 0.29) is 23.3 Å². The molecule has 0 aliphatic carbocycles. The molecule has 2 aliphatic heterocycles. The second-order valence-electron chi connectivity index (χ2n) is 14.9. The number of hydrogen-bond acceptors (Lipinski definition) is 18. The van der Waals surface area contributed by atoms with Gasteiger partial charge in [-0.2, -0.15) is 0 Å². The van der Waals surface area contributed by atoms with Crippen LogP contribution in [0.2, 0.25) is 0 Å². The smallest absolute Gasteiger partial charge is 0.339 e. The maximum atomic E-state index is 14.2. The summed E-state index contributed by atoms with van der Waals surface area (Å²) in [5.41, 5.74) is 0.569. The molecule has 0 radical (unpaired) electrons. The maximum Gasteiger partial charge on any atom is 0.339 e. The highest BCUT2D eigenvalue weighted by Crippen LogP contribution is 2.38. The number of carbonyl (C=O) groups is 6. The number of nitrogens with one attached hydrogen (secondary N) is 1. The van der Waals surface area contributed by atoms with E-state index in [1.165, 1.54) is 36.4 Å². The van der Waals surface area contributed by atoms with Crippen molar-refractivity contribution in [2.75, 3.05) is 13.7 Å². The SMILES string of the molecule is COC(=O)[C@H]1O[C@@H](O[C@H]2[C@@H](OC(C)=O)[C@@H](COC(C)=O)O[C@H](OC(=N)C(Cl)(Cl)Cl)[C@@H]2OCc2ccccc2)[C@H](OC(=O)c2ccccc2)[C@@H](OC(=O)c2ccccc2)[C@@H]1OC(=O)c1ccccc1. The van der Waals surface area contributed by atoms with Gasteiger partial charge in [-0.15, -0.1) is 0 Å². The number of benzene rings is 4. The van der Waals surface area contributed by atoms with Gasteiger partial charge in [-0.1, -0.05) is 120 Å². The van der Waals surface area contributed by atoms with Crippen LogP contribution in [0.25, 0.3) is 0 Å². The predicted octanol–water partition coefficient (Wildman–Crippen LogP) is 6.12. The van der Waals surface area contributed by atoms with E-state index in [2.05, 4.69) is 0 Å². The third kappa shape index (κ3) is 13.5. The first-order chi connectivity index (χ1) is 32.5. The fraction of sp³-hybridized carbons (Fsp3) is 0.340. The number of alkyl halides is 3. The van der Waals surface area contributed by atoms with Gasteiger partial charge in [0, 0.05) is 13.8 Å². The molecule has 68 heavy (non-hydrogen) atoms. The monoisotopic (exact) mass is 999 g/mol. The minimum absolute atomic E-state index is 0.00854. The molecule has 4 aromatic carbocycles. The van der Waals surface area contributed by atoms with Crippen LogP contribution in [0.15, 0.2) is 121 Å². The minimum atomic E-state index is -2.47. The molecule has 2 heterocycles. The van der Waals surface area contributed by atoms with E-state index < -0.39 is 114 Å². The molecule has 18 nitrogen and oxygen atoms in total. The summed E-state index contributed by atoms with van der Waals surface area (Å²) >= 11 is 18.1. The van der Waals surface area contributed by atoms with E-state index in [1.54, 1.807) is 84.9 Å². The van der Waals surface area contributed by atoms with Crippen LogP contribution in [-0.4, -0.2) is 121 Å². The van der Waals surface area contributed by atoms with Gasteiger partial charge in [0.25, 0.3) is 3.79 Å². The molecular weight excluding hydrogens is 957 g/mol. The van der Waals surface area contributed by atoms with E-state index >= 15 is 0 Å². The number of hydrogen-bond donors (Lipinski definition) is 1. The molecule has 0 amide bonds. The Morgan fingerprint density at radius 2 is 1.04 bits per heavy atom. The molecule has 10 atom stereocenters. The molecule has 6 rings (SSSR count). The van der Waals surface area contributed by atoms with Crippen molar-refractivity contribution in [2.24, 2.45) is 0 Å². The zero-order chi connectivity index (χ0) is 49.0. The number of halogens is 3. The second-order valence-corrected chi connectivity index (χ2v) is 17.2. The Morgan fingerprint density at radius 1 is 0.559 bits per heavy atom. The molecule has 4 aromatic rings. The summed E-state index contributed by atoms with van der Waals surface area (Å²) in [6, 6.07) is 31.3. The molecular formula is C47H44Cl3NO17. The average Bonchev–Trinajstić information content (AvgIpc) is 3.33. The standard InChI is InChI=1S/C47H44Cl3NO17/c1-26(52)59-25-32-33(61-27(2)53)34(38(60-24-28-16-8-4-9-17-28)44(62-32)68-46(51)47(48,49)50)66-45-39(65-42(56)31-22-14-7-15-23-31)36(64-41(55)30-20-12-6-13-21-30)35(37(67-45)43(57)58-3)63-40(54)29-18-10-5-11-19-29/h4-23,32-39,44-45,51H,24-25H2,1-3H3/t32-,33+,34+,35+,36+,37+,38-,39-,44-,45-/m1/s1. The van der Waals surface area contributed by atoms with E-state index in [9.17, 15) is 28.8 Å². The number of carbonyl (C=O) groups excluding carboxylic acids is 6. The first kappa shape index (κ1) is 51.3. The van der Waals surface area contributed by atoms with E-state index in [4.69, 9.17) is 92.3 Å². The van der Waals surface area contributed by atoms with Crippen LogP contribution in [0.3, 0.4) is 0 Å². The van der Waals surface area contributed by atoms with Gasteiger partial charge in [-0.05, 0) is 42.0 Å². The molecule has 0 saturated carbocycles. The Labute approximate surface area is 404 Å². The number of ether oxygens (including phenoxy) is 11. The van der Waals surface area contributed by atoms with Gasteiger partial charge in [0.15, 0.2) is 42.9 Å². The Hall–Kier alpha value is -6.12. The number of methoxy groups -OCH3 is 1. The quantitative estimate of drug-likeness (QED) is 0.0439. The summed E-state index contributed by atoms with van der Waals surface area (Å²) in [5.74, 6) is -6.93. The van der Waals surface area contributed by atoms with Crippen LogP contribution >= 0.6 is 34.8 Å². The maximum absolute atomic E-state index is 14.2. The van der Waals surface area contributed by atoms with Crippen molar-refractivity contribution in [1.82, 2.24) is 0 Å². The molecule has 0 bridgehead atoms. The van der Waals surface area contributed by atoms with Gasteiger partial charge in [-0.3, -0.25) is 15.0 Å². The molecule has 2 fully saturated rings. The van der Waals surface area contributed by atoms with Crippen molar-refractivity contribution in [1.29, 1.82) is 5.41 Å². The molecule has 2 aliphatic rings. The van der Waals surface area contributed by atoms with Crippen molar-refractivity contribution in [3.63, 3.8) is 0 Å². The molecule has 2 saturated heterocycles. The Morgan fingerprint density at radius 3 is 1.51 bits per heavy atom. The van der Waals surface area contributed by atoms with Crippen LogP contribution in [0, 0.1) is 5.41 Å². The summed E-state index contributed by atoms with van der Waals surface area (Å²) in [4.78, 5) is 81.2. The Balaban J connectivity index is 1.54. The lowest BCUT2D eigenvalue weighted by atomic mass is 9.95. The lowest BCUT2D eigenvalue weighted by molar-refractivity contribution is -0.354. The summed E-state index contributed by atoms with van der Waals surface area (Å²) in [6.07, 6.45) is -18.5. The lowest BCUT2D eigenvalue weighted by Gasteiger charge is -2.48. The summed E-state index contributed by atoms with van der Waals surface area (Å²) in [6.45, 7) is 1.27. The largest absolute Gasteiger partial charge is 0.467 e. The van der Waals surface area contributed by atoms with Gasteiger partial charge >= 0.3 is 35.8 Å². The van der Waals surface area contributed by atoms with E-state index in [0.29, 0.717) is 5.56 Å². The minimum Gasteiger partial charge on any atom is -0.467 e. The van der Waals surface area contributed by atoms with Crippen LogP contribution < -0.4 is 0 Å². The van der Waals surface area contributed by atoms with Gasteiger partial charge in [-0.25, -0.2) is 19.2 Å². The van der Waals surface area contributed by atoms with E-state index in [0.717, 1.165) is 21.0 Å².